The minimum Gasteiger partial charge on any atom is -0.355 e. The van der Waals surface area contributed by atoms with E-state index >= 15 is 0 Å². The third kappa shape index (κ3) is 2.80. The van der Waals surface area contributed by atoms with Crippen molar-refractivity contribution in [3.05, 3.63) is 0 Å². The molecule has 98 valence electrons. The van der Waals surface area contributed by atoms with Crippen molar-refractivity contribution in [3.63, 3.8) is 0 Å². The summed E-state index contributed by atoms with van der Waals surface area (Å²) in [6.07, 6.45) is 5.44. The summed E-state index contributed by atoms with van der Waals surface area (Å²) in [5.41, 5.74) is 5.56. The van der Waals surface area contributed by atoms with Crippen LogP contribution in [0.15, 0.2) is 0 Å². The summed E-state index contributed by atoms with van der Waals surface area (Å²) in [4.78, 5) is 14.6. The predicted octanol–water partition coefficient (Wildman–Crippen LogP) is 0.573. The zero-order chi connectivity index (χ0) is 12.3. The van der Waals surface area contributed by atoms with Crippen LogP contribution in [0.4, 0.5) is 0 Å². The van der Waals surface area contributed by atoms with Crippen molar-refractivity contribution in [2.75, 3.05) is 33.2 Å². The Hall–Kier alpha value is -0.610. The van der Waals surface area contributed by atoms with Gasteiger partial charge in [-0.3, -0.25) is 4.79 Å². The zero-order valence-electron chi connectivity index (χ0n) is 10.9. The highest BCUT2D eigenvalue weighted by molar-refractivity contribution is 5.83. The number of amides is 1. The lowest BCUT2D eigenvalue weighted by Crippen LogP contribution is -2.45. The molecule has 1 aliphatic carbocycles. The van der Waals surface area contributed by atoms with Gasteiger partial charge in [0.25, 0.3) is 0 Å². The van der Waals surface area contributed by atoms with Crippen LogP contribution in [0.3, 0.4) is 0 Å². The average Bonchev–Trinajstić information content (AvgIpc) is 2.95. The maximum absolute atomic E-state index is 12.2. The highest BCUT2D eigenvalue weighted by Gasteiger charge is 2.39. The Labute approximate surface area is 104 Å². The van der Waals surface area contributed by atoms with Crippen LogP contribution in [0.1, 0.15) is 32.1 Å². The quantitative estimate of drug-likeness (QED) is 0.754. The Balaban J connectivity index is 1.80. The van der Waals surface area contributed by atoms with Gasteiger partial charge in [-0.1, -0.05) is 12.8 Å². The molecule has 2 aliphatic rings. The molecule has 0 aromatic rings. The van der Waals surface area contributed by atoms with Gasteiger partial charge in [-0.05, 0) is 38.8 Å². The van der Waals surface area contributed by atoms with Crippen LogP contribution in [0, 0.1) is 11.3 Å². The van der Waals surface area contributed by atoms with Crippen LogP contribution in [0.5, 0.6) is 0 Å². The molecule has 0 aromatic heterocycles. The summed E-state index contributed by atoms with van der Waals surface area (Å²) in [7, 11) is 2.14. The molecule has 0 spiro atoms. The van der Waals surface area contributed by atoms with Crippen LogP contribution in [-0.4, -0.2) is 44.0 Å². The van der Waals surface area contributed by atoms with Crippen LogP contribution >= 0.6 is 0 Å². The van der Waals surface area contributed by atoms with Gasteiger partial charge in [-0.2, -0.15) is 0 Å². The number of nitrogens with zero attached hydrogens (tertiary/aromatic N) is 1. The molecule has 4 nitrogen and oxygen atoms in total. The SMILES string of the molecule is CN1CCC(CNC(=O)C2(CN)CCCC2)C1. The molecule has 4 heteroatoms. The van der Waals surface area contributed by atoms with E-state index in [2.05, 4.69) is 17.3 Å². The van der Waals surface area contributed by atoms with E-state index in [1.165, 1.54) is 6.42 Å². The van der Waals surface area contributed by atoms with Gasteiger partial charge in [0.15, 0.2) is 0 Å². The van der Waals surface area contributed by atoms with Crippen LogP contribution in [0.2, 0.25) is 0 Å². The van der Waals surface area contributed by atoms with Crippen molar-refractivity contribution in [1.29, 1.82) is 0 Å². The van der Waals surface area contributed by atoms with E-state index in [1.807, 2.05) is 0 Å². The molecule has 1 heterocycles. The lowest BCUT2D eigenvalue weighted by molar-refractivity contribution is -0.130. The number of nitrogens with two attached hydrogens (primary N) is 1. The predicted molar refractivity (Wildman–Crippen MR) is 68.6 cm³/mol. The fourth-order valence-electron chi connectivity index (χ4n) is 3.19. The zero-order valence-corrected chi connectivity index (χ0v) is 10.9. The summed E-state index contributed by atoms with van der Waals surface area (Å²) in [6, 6.07) is 0. The number of hydrogen-bond acceptors (Lipinski definition) is 3. The van der Waals surface area contributed by atoms with Crippen molar-refractivity contribution < 1.29 is 4.79 Å². The first kappa shape index (κ1) is 12.8. The maximum Gasteiger partial charge on any atom is 0.227 e. The Bertz CT molecular complexity index is 274. The first-order chi connectivity index (χ1) is 8.16. The fourth-order valence-corrected chi connectivity index (χ4v) is 3.19. The largest absolute Gasteiger partial charge is 0.355 e. The van der Waals surface area contributed by atoms with E-state index in [-0.39, 0.29) is 11.3 Å². The summed E-state index contributed by atoms with van der Waals surface area (Å²) >= 11 is 0. The lowest BCUT2D eigenvalue weighted by Gasteiger charge is -2.26. The van der Waals surface area contributed by atoms with Crippen LogP contribution in [0.25, 0.3) is 0 Å². The third-order valence-corrected chi connectivity index (χ3v) is 4.47. The van der Waals surface area contributed by atoms with Gasteiger partial charge in [0.05, 0.1) is 5.41 Å². The highest BCUT2D eigenvalue weighted by Crippen LogP contribution is 2.37. The van der Waals surface area contributed by atoms with E-state index in [1.54, 1.807) is 0 Å². The van der Waals surface area contributed by atoms with Crippen molar-refractivity contribution in [1.82, 2.24) is 10.2 Å². The summed E-state index contributed by atoms with van der Waals surface area (Å²) < 4.78 is 0. The van der Waals surface area contributed by atoms with Gasteiger partial charge in [0.2, 0.25) is 5.91 Å². The molecule has 2 rings (SSSR count). The number of carbonyl (C=O) groups is 1. The van der Waals surface area contributed by atoms with E-state index in [4.69, 9.17) is 5.73 Å². The Kier molecular flexibility index (Phi) is 4.05. The molecule has 1 atom stereocenters. The molecular weight excluding hydrogens is 214 g/mol. The second-order valence-corrected chi connectivity index (χ2v) is 5.82. The molecule has 1 aliphatic heterocycles. The first-order valence-corrected chi connectivity index (χ1v) is 6.83. The summed E-state index contributed by atoms with van der Waals surface area (Å²) in [5, 5.41) is 3.13. The number of hydrogen-bond donors (Lipinski definition) is 2. The monoisotopic (exact) mass is 239 g/mol. The maximum atomic E-state index is 12.2. The summed E-state index contributed by atoms with van der Waals surface area (Å²) in [6.45, 7) is 3.59. The Morgan fingerprint density at radius 2 is 2.18 bits per heavy atom. The van der Waals surface area contributed by atoms with Gasteiger partial charge in [-0.25, -0.2) is 0 Å². The van der Waals surface area contributed by atoms with Crippen LogP contribution < -0.4 is 11.1 Å². The highest BCUT2D eigenvalue weighted by atomic mass is 16.2. The molecule has 17 heavy (non-hydrogen) atoms. The number of rotatable bonds is 4. The smallest absolute Gasteiger partial charge is 0.227 e. The molecule has 2 fully saturated rings. The second kappa shape index (κ2) is 5.36. The standard InChI is InChI=1S/C13H25N3O/c1-16-7-4-11(9-16)8-15-12(17)13(10-14)5-2-3-6-13/h11H,2-10,14H2,1H3,(H,15,17). The molecule has 0 aromatic carbocycles. The first-order valence-electron chi connectivity index (χ1n) is 6.83. The van der Waals surface area contributed by atoms with Crippen molar-refractivity contribution in [2.45, 2.75) is 32.1 Å². The van der Waals surface area contributed by atoms with Gasteiger partial charge >= 0.3 is 0 Å². The van der Waals surface area contributed by atoms with Gasteiger partial charge in [-0.15, -0.1) is 0 Å². The lowest BCUT2D eigenvalue weighted by atomic mass is 9.85. The van der Waals surface area contributed by atoms with Crippen LogP contribution in [-0.2, 0) is 4.79 Å². The van der Waals surface area contributed by atoms with E-state index in [0.717, 1.165) is 45.3 Å². The van der Waals surface area contributed by atoms with E-state index in [9.17, 15) is 4.79 Å². The number of likely N-dealkylation sites (tertiary alicyclic amines) is 1. The Morgan fingerprint density at radius 1 is 1.47 bits per heavy atom. The molecule has 0 radical (unpaired) electrons. The molecular formula is C13H25N3O. The van der Waals surface area contributed by atoms with Gasteiger partial charge in [0, 0.05) is 19.6 Å². The van der Waals surface area contributed by atoms with Crippen molar-refractivity contribution in [2.24, 2.45) is 17.1 Å². The second-order valence-electron chi connectivity index (χ2n) is 5.82. The average molecular weight is 239 g/mol. The normalized spacial score (nSPS) is 28.5. The fraction of sp³-hybridized carbons (Fsp3) is 0.923. The number of carbonyl (C=O) groups excluding carboxylic acids is 1. The minimum atomic E-state index is -0.246. The van der Waals surface area contributed by atoms with Crippen molar-refractivity contribution in [3.8, 4) is 0 Å². The van der Waals surface area contributed by atoms with E-state index in [0.29, 0.717) is 12.5 Å². The van der Waals surface area contributed by atoms with Gasteiger partial charge < -0.3 is 16.0 Å². The minimum absolute atomic E-state index is 0.201. The third-order valence-electron chi connectivity index (χ3n) is 4.47. The summed E-state index contributed by atoms with van der Waals surface area (Å²) in [5.74, 6) is 0.826. The number of nitrogens with one attached hydrogen (secondary N) is 1. The van der Waals surface area contributed by atoms with E-state index < -0.39 is 0 Å². The van der Waals surface area contributed by atoms with Gasteiger partial charge in [0.1, 0.15) is 0 Å². The molecule has 1 unspecified atom stereocenters. The van der Waals surface area contributed by atoms with Crippen molar-refractivity contribution >= 4 is 5.91 Å². The molecule has 1 saturated heterocycles. The Morgan fingerprint density at radius 3 is 2.71 bits per heavy atom. The molecule has 0 bridgehead atoms. The molecule has 3 N–H and O–H groups in total. The molecule has 1 saturated carbocycles. The molecule has 1 amide bonds. The topological polar surface area (TPSA) is 58.4 Å².